The van der Waals surface area contributed by atoms with Crippen LogP contribution in [0.4, 0.5) is 10.1 Å². The number of methoxy groups -OCH3 is 1. The molecular formula is C21H22FN3O2. The van der Waals surface area contributed by atoms with E-state index in [1.807, 2.05) is 30.0 Å². The number of hydrogen-bond acceptors (Lipinski definition) is 3. The Labute approximate surface area is 157 Å². The molecule has 6 heteroatoms. The monoisotopic (exact) mass is 367 g/mol. The van der Waals surface area contributed by atoms with E-state index < -0.39 is 0 Å². The Bertz CT molecular complexity index is 973. The maximum Gasteiger partial charge on any atom is 0.270 e. The summed E-state index contributed by atoms with van der Waals surface area (Å²) in [4.78, 5) is 20.3. The molecule has 1 N–H and O–H groups in total. The average molecular weight is 367 g/mol. The Hall–Kier alpha value is -3.02. The predicted molar refractivity (Wildman–Crippen MR) is 104 cm³/mol. The van der Waals surface area contributed by atoms with Crippen LogP contribution >= 0.6 is 0 Å². The second kappa shape index (κ2) is 6.95. The number of halogens is 1. The molecule has 0 atom stereocenters. The van der Waals surface area contributed by atoms with E-state index in [4.69, 9.17) is 4.74 Å². The number of piperazine rings is 1. The van der Waals surface area contributed by atoms with Crippen molar-refractivity contribution in [3.63, 3.8) is 0 Å². The van der Waals surface area contributed by atoms with E-state index in [0.29, 0.717) is 18.8 Å². The maximum atomic E-state index is 13.1. The van der Waals surface area contributed by atoms with E-state index in [2.05, 4.69) is 9.88 Å². The van der Waals surface area contributed by atoms with Crippen LogP contribution in [0.5, 0.6) is 5.75 Å². The third kappa shape index (κ3) is 3.23. The Morgan fingerprint density at radius 2 is 1.78 bits per heavy atom. The number of fused-ring (bicyclic) bond motifs is 1. The van der Waals surface area contributed by atoms with Gasteiger partial charge in [-0.15, -0.1) is 0 Å². The molecule has 1 aliphatic rings. The van der Waals surface area contributed by atoms with Gasteiger partial charge in [-0.05, 0) is 48.9 Å². The number of benzene rings is 2. The van der Waals surface area contributed by atoms with Crippen molar-refractivity contribution >= 4 is 22.5 Å². The number of aromatic amines is 1. The van der Waals surface area contributed by atoms with Crippen LogP contribution in [0.15, 0.2) is 42.5 Å². The molecule has 0 radical (unpaired) electrons. The van der Waals surface area contributed by atoms with Crippen molar-refractivity contribution in [2.75, 3.05) is 38.2 Å². The number of H-pyrrole nitrogens is 1. The smallest absolute Gasteiger partial charge is 0.270 e. The Morgan fingerprint density at radius 1 is 1.07 bits per heavy atom. The summed E-state index contributed by atoms with van der Waals surface area (Å²) in [5, 5.41) is 1.03. The number of nitrogens with zero attached hydrogens (tertiary/aromatic N) is 2. The quantitative estimate of drug-likeness (QED) is 0.770. The van der Waals surface area contributed by atoms with E-state index in [1.165, 1.54) is 12.1 Å². The van der Waals surface area contributed by atoms with Crippen LogP contribution in [-0.4, -0.2) is 49.1 Å². The number of amides is 1. The van der Waals surface area contributed by atoms with Crippen molar-refractivity contribution in [2.24, 2.45) is 0 Å². The number of anilines is 1. The highest BCUT2D eigenvalue weighted by atomic mass is 19.1. The van der Waals surface area contributed by atoms with Gasteiger partial charge in [-0.3, -0.25) is 4.79 Å². The van der Waals surface area contributed by atoms with Crippen molar-refractivity contribution in [2.45, 2.75) is 6.92 Å². The zero-order chi connectivity index (χ0) is 19.0. The van der Waals surface area contributed by atoms with Crippen LogP contribution in [-0.2, 0) is 0 Å². The summed E-state index contributed by atoms with van der Waals surface area (Å²) in [5.74, 6) is 0.538. The van der Waals surface area contributed by atoms with Gasteiger partial charge in [0.05, 0.1) is 7.11 Å². The van der Waals surface area contributed by atoms with Crippen molar-refractivity contribution in [3.05, 3.63) is 59.5 Å². The fourth-order valence-corrected chi connectivity index (χ4v) is 3.64. The number of ether oxygens (including phenoxy) is 1. The predicted octanol–water partition coefficient (Wildman–Crippen LogP) is 3.59. The third-order valence-electron chi connectivity index (χ3n) is 5.24. The normalized spacial score (nSPS) is 14.6. The molecule has 0 spiro atoms. The molecule has 1 amide bonds. The van der Waals surface area contributed by atoms with Crippen molar-refractivity contribution in [1.29, 1.82) is 0 Å². The van der Waals surface area contributed by atoms with Crippen molar-refractivity contribution in [3.8, 4) is 5.75 Å². The first-order valence-electron chi connectivity index (χ1n) is 9.03. The van der Waals surface area contributed by atoms with Crippen LogP contribution < -0.4 is 9.64 Å². The van der Waals surface area contributed by atoms with Gasteiger partial charge in [0, 0.05) is 48.8 Å². The van der Waals surface area contributed by atoms with Gasteiger partial charge in [-0.1, -0.05) is 0 Å². The average Bonchev–Trinajstić information content (AvgIpc) is 3.04. The maximum absolute atomic E-state index is 13.1. The minimum absolute atomic E-state index is 0.0152. The second-order valence-electron chi connectivity index (χ2n) is 6.79. The lowest BCUT2D eigenvalue weighted by Crippen LogP contribution is -2.49. The molecule has 1 aromatic heterocycles. The first-order valence-corrected chi connectivity index (χ1v) is 9.03. The van der Waals surface area contributed by atoms with Crippen LogP contribution in [0.2, 0.25) is 0 Å². The molecular weight excluding hydrogens is 345 g/mol. The van der Waals surface area contributed by atoms with Gasteiger partial charge in [0.2, 0.25) is 0 Å². The van der Waals surface area contributed by atoms with E-state index in [1.54, 1.807) is 19.2 Å². The highest BCUT2D eigenvalue weighted by Crippen LogP contribution is 2.27. The molecule has 1 fully saturated rings. The first kappa shape index (κ1) is 17.4. The lowest BCUT2D eigenvalue weighted by molar-refractivity contribution is 0.0741. The number of carbonyl (C=O) groups excluding carboxylic acids is 1. The lowest BCUT2D eigenvalue weighted by Gasteiger charge is -2.36. The molecule has 3 aromatic rings. The second-order valence-corrected chi connectivity index (χ2v) is 6.79. The van der Waals surface area contributed by atoms with Gasteiger partial charge in [0.1, 0.15) is 17.3 Å². The lowest BCUT2D eigenvalue weighted by atomic mass is 10.1. The molecule has 2 aromatic carbocycles. The van der Waals surface area contributed by atoms with E-state index >= 15 is 0 Å². The number of aryl methyl sites for hydroxylation is 1. The summed E-state index contributed by atoms with van der Waals surface area (Å²) in [6.07, 6.45) is 0. The number of hydrogen-bond donors (Lipinski definition) is 1. The summed E-state index contributed by atoms with van der Waals surface area (Å²) in [6.45, 7) is 4.69. The molecule has 27 heavy (non-hydrogen) atoms. The van der Waals surface area contributed by atoms with E-state index in [-0.39, 0.29) is 11.7 Å². The SMILES string of the molecule is COc1ccc2c(C)c(C(=O)N3CCN(c4ccc(F)cc4)CC3)[nH]c2c1. The molecule has 0 saturated carbocycles. The number of rotatable bonds is 3. The van der Waals surface area contributed by atoms with E-state index in [0.717, 1.165) is 41.0 Å². The van der Waals surface area contributed by atoms with Crippen LogP contribution in [0.3, 0.4) is 0 Å². The molecule has 1 aliphatic heterocycles. The van der Waals surface area contributed by atoms with Gasteiger partial charge < -0.3 is 19.5 Å². The Kier molecular flexibility index (Phi) is 4.48. The molecule has 1 saturated heterocycles. The number of aromatic nitrogens is 1. The fraction of sp³-hybridized carbons (Fsp3) is 0.286. The van der Waals surface area contributed by atoms with Gasteiger partial charge in [0.15, 0.2) is 0 Å². The highest BCUT2D eigenvalue weighted by molar-refractivity contribution is 6.01. The van der Waals surface area contributed by atoms with Crippen molar-refractivity contribution in [1.82, 2.24) is 9.88 Å². The first-order chi connectivity index (χ1) is 13.1. The van der Waals surface area contributed by atoms with Gasteiger partial charge >= 0.3 is 0 Å². The summed E-state index contributed by atoms with van der Waals surface area (Å²) < 4.78 is 18.4. The third-order valence-corrected chi connectivity index (χ3v) is 5.24. The summed E-state index contributed by atoms with van der Waals surface area (Å²) in [6, 6.07) is 12.3. The molecule has 0 unspecified atom stereocenters. The number of carbonyl (C=O) groups is 1. The summed E-state index contributed by atoms with van der Waals surface area (Å²) in [7, 11) is 1.63. The standard InChI is InChI=1S/C21H22FN3O2/c1-14-18-8-7-17(27-2)13-19(18)23-20(14)21(26)25-11-9-24(10-12-25)16-5-3-15(22)4-6-16/h3-8,13,23H,9-12H2,1-2H3. The van der Waals surface area contributed by atoms with Crippen molar-refractivity contribution < 1.29 is 13.9 Å². The molecule has 5 nitrogen and oxygen atoms in total. The molecule has 0 aliphatic carbocycles. The fourth-order valence-electron chi connectivity index (χ4n) is 3.64. The van der Waals surface area contributed by atoms with Crippen LogP contribution in [0, 0.1) is 12.7 Å². The number of nitrogens with one attached hydrogen (secondary N) is 1. The molecule has 2 heterocycles. The molecule has 140 valence electrons. The zero-order valence-corrected chi connectivity index (χ0v) is 15.5. The molecule has 4 rings (SSSR count). The minimum atomic E-state index is -0.238. The van der Waals surface area contributed by atoms with Gasteiger partial charge in [-0.25, -0.2) is 4.39 Å². The largest absolute Gasteiger partial charge is 0.497 e. The van der Waals surface area contributed by atoms with Crippen LogP contribution in [0.1, 0.15) is 16.1 Å². The summed E-state index contributed by atoms with van der Waals surface area (Å²) >= 11 is 0. The van der Waals surface area contributed by atoms with Gasteiger partial charge in [-0.2, -0.15) is 0 Å². The minimum Gasteiger partial charge on any atom is -0.497 e. The molecule has 0 bridgehead atoms. The topological polar surface area (TPSA) is 48.6 Å². The highest BCUT2D eigenvalue weighted by Gasteiger charge is 2.25. The van der Waals surface area contributed by atoms with E-state index in [9.17, 15) is 9.18 Å². The van der Waals surface area contributed by atoms with Gasteiger partial charge in [0.25, 0.3) is 5.91 Å². The Balaban J connectivity index is 1.50. The zero-order valence-electron chi connectivity index (χ0n) is 15.5. The van der Waals surface area contributed by atoms with Crippen LogP contribution in [0.25, 0.3) is 10.9 Å². The summed E-state index contributed by atoms with van der Waals surface area (Å²) in [5.41, 5.74) is 3.48. The Morgan fingerprint density at radius 3 is 2.44 bits per heavy atom.